The van der Waals surface area contributed by atoms with E-state index >= 15 is 0 Å². The van der Waals surface area contributed by atoms with Gasteiger partial charge in [0.05, 0.1) is 30.5 Å². The molecule has 270 valence electrons. The van der Waals surface area contributed by atoms with Gasteiger partial charge in [0.15, 0.2) is 0 Å². The van der Waals surface area contributed by atoms with E-state index in [9.17, 15) is 19.5 Å². The number of nitrogens with zero attached hydrogens (tertiary/aromatic N) is 1. The van der Waals surface area contributed by atoms with E-state index in [1.807, 2.05) is 121 Å². The molecule has 0 spiro atoms. The van der Waals surface area contributed by atoms with Crippen molar-refractivity contribution in [1.82, 2.24) is 10.2 Å². The van der Waals surface area contributed by atoms with Gasteiger partial charge in [-0.05, 0) is 78.5 Å². The van der Waals surface area contributed by atoms with E-state index in [-0.39, 0.29) is 49.4 Å². The number of aliphatic hydroxyl groups is 1. The number of ether oxygens (including phenoxy) is 2. The van der Waals surface area contributed by atoms with Crippen molar-refractivity contribution in [2.24, 2.45) is 11.8 Å². The Morgan fingerprint density at radius 1 is 0.788 bits per heavy atom. The first-order valence-electron chi connectivity index (χ1n) is 18.3. The molecule has 0 saturated carbocycles. The second-order valence-electron chi connectivity index (χ2n) is 13.9. The van der Waals surface area contributed by atoms with Gasteiger partial charge in [-0.3, -0.25) is 14.4 Å². The number of carbonyl (C=O) groups excluding carboxylic acids is 3. The van der Waals surface area contributed by atoms with Gasteiger partial charge < -0.3 is 24.8 Å². The zero-order chi connectivity index (χ0) is 36.1. The smallest absolute Gasteiger partial charge is 0.309 e. The Morgan fingerprint density at radius 2 is 1.46 bits per heavy atom. The molecule has 0 bridgehead atoms. The van der Waals surface area contributed by atoms with E-state index in [4.69, 9.17) is 9.47 Å². The summed E-state index contributed by atoms with van der Waals surface area (Å²) in [5.74, 6) is -0.947. The molecule has 0 radical (unpaired) electrons. The van der Waals surface area contributed by atoms with Crippen molar-refractivity contribution in [2.45, 2.75) is 70.2 Å². The SMILES string of the molecule is O=C1NC(Cc2ccc(OCc3ccccc3)cc2)COC(=O)C(Cc2ccccc2)CCC=CCC1CC(=O)N1Cc2ccccc2CC1CO. The summed E-state index contributed by atoms with van der Waals surface area (Å²) in [6.07, 6.45) is 7.16. The number of allylic oxidation sites excluding steroid dienone is 2. The molecule has 2 amide bonds. The molecule has 2 aliphatic rings. The molecule has 4 unspecified atom stereocenters. The average molecular weight is 701 g/mol. The number of hydrogen-bond acceptors (Lipinski definition) is 6. The fraction of sp³-hybridized carbons (Fsp3) is 0.341. The van der Waals surface area contributed by atoms with E-state index in [1.54, 1.807) is 4.90 Å². The lowest BCUT2D eigenvalue weighted by atomic mass is 9.92. The highest BCUT2D eigenvalue weighted by molar-refractivity contribution is 5.86. The Morgan fingerprint density at radius 3 is 2.19 bits per heavy atom. The number of amides is 2. The molecule has 6 rings (SSSR count). The monoisotopic (exact) mass is 700 g/mol. The number of esters is 1. The van der Waals surface area contributed by atoms with Crippen molar-refractivity contribution in [3.63, 3.8) is 0 Å². The molecule has 8 heteroatoms. The predicted octanol–water partition coefficient (Wildman–Crippen LogP) is 6.39. The van der Waals surface area contributed by atoms with Crippen molar-refractivity contribution in [2.75, 3.05) is 13.2 Å². The van der Waals surface area contributed by atoms with Crippen LogP contribution in [0.5, 0.6) is 5.75 Å². The van der Waals surface area contributed by atoms with Gasteiger partial charge in [-0.25, -0.2) is 0 Å². The van der Waals surface area contributed by atoms with Crippen LogP contribution >= 0.6 is 0 Å². The second-order valence-corrected chi connectivity index (χ2v) is 13.9. The van der Waals surface area contributed by atoms with Gasteiger partial charge in [0.1, 0.15) is 19.0 Å². The summed E-state index contributed by atoms with van der Waals surface area (Å²) in [4.78, 5) is 43.1. The zero-order valence-corrected chi connectivity index (χ0v) is 29.6. The lowest BCUT2D eigenvalue weighted by Crippen LogP contribution is -2.48. The van der Waals surface area contributed by atoms with E-state index in [2.05, 4.69) is 5.32 Å². The zero-order valence-electron chi connectivity index (χ0n) is 29.6. The molecule has 0 aliphatic carbocycles. The lowest BCUT2D eigenvalue weighted by molar-refractivity contribution is -0.150. The maximum absolute atomic E-state index is 14.0. The molecule has 4 atom stereocenters. The summed E-state index contributed by atoms with van der Waals surface area (Å²) in [5, 5.41) is 13.4. The van der Waals surface area contributed by atoms with E-state index in [1.165, 1.54) is 0 Å². The quantitative estimate of drug-likeness (QED) is 0.147. The fourth-order valence-electron chi connectivity index (χ4n) is 7.05. The predicted molar refractivity (Wildman–Crippen MR) is 200 cm³/mol. The van der Waals surface area contributed by atoms with Gasteiger partial charge in [0.25, 0.3) is 0 Å². The molecule has 2 heterocycles. The normalized spacial score (nSPS) is 21.1. The first-order chi connectivity index (χ1) is 25.4. The fourth-order valence-corrected chi connectivity index (χ4v) is 7.05. The van der Waals surface area contributed by atoms with Crippen molar-refractivity contribution >= 4 is 17.8 Å². The summed E-state index contributed by atoms with van der Waals surface area (Å²) in [6.45, 7) is 0.712. The highest BCUT2D eigenvalue weighted by Crippen LogP contribution is 2.26. The van der Waals surface area contributed by atoms with Crippen LogP contribution in [0.4, 0.5) is 0 Å². The Bertz CT molecular complexity index is 1790. The highest BCUT2D eigenvalue weighted by atomic mass is 16.5. The van der Waals surface area contributed by atoms with Crippen LogP contribution in [0.25, 0.3) is 0 Å². The number of aliphatic hydroxyl groups excluding tert-OH is 1. The molecule has 2 N–H and O–H groups in total. The van der Waals surface area contributed by atoms with Crippen LogP contribution in [-0.2, 0) is 51.5 Å². The Kier molecular flexibility index (Phi) is 12.9. The van der Waals surface area contributed by atoms with Crippen LogP contribution in [0.2, 0.25) is 0 Å². The minimum atomic E-state index is -0.631. The van der Waals surface area contributed by atoms with Gasteiger partial charge in [0.2, 0.25) is 11.8 Å². The standard InChI is InChI=1S/C44H48N2O6/c47-29-40-26-35-16-10-11-19-38(35)28-46(40)42(48)27-36-17-8-3-9-18-37(24-32-12-4-1-5-13-32)44(50)52-31-39(45-43(36)49)25-33-20-22-41(23-21-33)51-30-34-14-6-2-7-15-34/h1-8,10-16,19-23,36-37,39-40,47H,9,17-18,24-31H2,(H,45,49). The average Bonchev–Trinajstić information content (AvgIpc) is 3.19. The summed E-state index contributed by atoms with van der Waals surface area (Å²) < 4.78 is 11.9. The van der Waals surface area contributed by atoms with Crippen molar-refractivity contribution in [3.8, 4) is 5.75 Å². The van der Waals surface area contributed by atoms with Crippen LogP contribution in [0.15, 0.2) is 121 Å². The number of rotatable bonds is 10. The molecular formula is C44H48N2O6. The number of nitrogens with one attached hydrogen (secondary N) is 1. The molecule has 0 saturated heterocycles. The van der Waals surface area contributed by atoms with Gasteiger partial charge in [-0.2, -0.15) is 0 Å². The number of fused-ring (bicyclic) bond motifs is 1. The van der Waals surface area contributed by atoms with Gasteiger partial charge in [-0.15, -0.1) is 0 Å². The largest absolute Gasteiger partial charge is 0.489 e. The molecular weight excluding hydrogens is 652 g/mol. The molecule has 2 aliphatic heterocycles. The van der Waals surface area contributed by atoms with Crippen molar-refractivity contribution < 1.29 is 29.0 Å². The Hall–Kier alpha value is -5.21. The maximum atomic E-state index is 14.0. The number of cyclic esters (lactones) is 1. The van der Waals surface area contributed by atoms with Crippen LogP contribution in [0, 0.1) is 11.8 Å². The number of hydrogen-bond donors (Lipinski definition) is 2. The molecule has 0 aromatic heterocycles. The van der Waals surface area contributed by atoms with Crippen LogP contribution in [0.1, 0.15) is 53.5 Å². The third-order valence-corrected chi connectivity index (χ3v) is 10.0. The lowest BCUT2D eigenvalue weighted by Gasteiger charge is -2.36. The molecule has 4 aromatic carbocycles. The maximum Gasteiger partial charge on any atom is 0.309 e. The van der Waals surface area contributed by atoms with Gasteiger partial charge in [0, 0.05) is 13.0 Å². The Balaban J connectivity index is 1.18. The third kappa shape index (κ3) is 10.2. The van der Waals surface area contributed by atoms with Gasteiger partial charge in [-0.1, -0.05) is 109 Å². The van der Waals surface area contributed by atoms with E-state index in [0.29, 0.717) is 51.7 Å². The molecule has 4 aromatic rings. The summed E-state index contributed by atoms with van der Waals surface area (Å²) in [7, 11) is 0. The van der Waals surface area contributed by atoms with Crippen LogP contribution < -0.4 is 10.1 Å². The van der Waals surface area contributed by atoms with E-state index < -0.39 is 12.0 Å². The topological polar surface area (TPSA) is 105 Å². The number of benzene rings is 4. The van der Waals surface area contributed by atoms with Crippen molar-refractivity contribution in [3.05, 3.63) is 149 Å². The Labute approximate surface area is 306 Å². The van der Waals surface area contributed by atoms with Crippen LogP contribution in [-0.4, -0.2) is 53.1 Å². The first kappa shape index (κ1) is 36.6. The van der Waals surface area contributed by atoms with Crippen molar-refractivity contribution in [1.29, 1.82) is 0 Å². The molecule has 52 heavy (non-hydrogen) atoms. The molecule has 8 nitrogen and oxygen atoms in total. The minimum absolute atomic E-state index is 0.00539. The van der Waals surface area contributed by atoms with E-state index in [0.717, 1.165) is 33.6 Å². The summed E-state index contributed by atoms with van der Waals surface area (Å²) >= 11 is 0. The second kappa shape index (κ2) is 18.3. The number of carbonyl (C=O) groups is 3. The summed E-state index contributed by atoms with van der Waals surface area (Å²) in [6, 6.07) is 34.7. The first-order valence-corrected chi connectivity index (χ1v) is 18.3. The third-order valence-electron chi connectivity index (χ3n) is 10.0. The highest BCUT2D eigenvalue weighted by Gasteiger charge is 2.33. The van der Waals surface area contributed by atoms with Crippen LogP contribution in [0.3, 0.4) is 0 Å². The molecule has 0 fully saturated rings. The summed E-state index contributed by atoms with van der Waals surface area (Å²) in [5.41, 5.74) is 5.28. The van der Waals surface area contributed by atoms with Gasteiger partial charge >= 0.3 is 5.97 Å². The minimum Gasteiger partial charge on any atom is -0.489 e.